The molecule has 19 heavy (non-hydrogen) atoms. The number of pyridine rings is 1. The Bertz CT molecular complexity index is 709. The highest BCUT2D eigenvalue weighted by Gasteiger charge is 2.28. The largest absolute Gasteiger partial charge is 0.478 e. The molecule has 1 aromatic carbocycles. The lowest BCUT2D eigenvalue weighted by molar-refractivity contribution is 0.0698. The standard InChI is InChI=1S/C15H14FNO2/c1-7-3-4-10-12(15(18)19)11-6-9(16)5-8(2)14(11)17-13(7)10/h5-7H,3-4H2,1-2H3,(H,18,19). The van der Waals surface area contributed by atoms with Crippen molar-refractivity contribution in [3.63, 3.8) is 0 Å². The van der Waals surface area contributed by atoms with Crippen molar-refractivity contribution < 1.29 is 14.3 Å². The molecule has 2 aromatic rings. The Morgan fingerprint density at radius 3 is 2.89 bits per heavy atom. The van der Waals surface area contributed by atoms with Crippen LogP contribution in [0.3, 0.4) is 0 Å². The number of aryl methyl sites for hydroxylation is 1. The van der Waals surface area contributed by atoms with Crippen molar-refractivity contribution in [3.8, 4) is 0 Å². The number of halogens is 1. The zero-order valence-electron chi connectivity index (χ0n) is 10.8. The first-order chi connectivity index (χ1) is 8.99. The number of aromatic nitrogens is 1. The molecule has 98 valence electrons. The highest BCUT2D eigenvalue weighted by molar-refractivity contribution is 6.05. The maximum atomic E-state index is 13.5. The van der Waals surface area contributed by atoms with Crippen LogP contribution in [0.1, 0.15) is 46.4 Å². The van der Waals surface area contributed by atoms with Crippen molar-refractivity contribution in [2.45, 2.75) is 32.6 Å². The van der Waals surface area contributed by atoms with Crippen molar-refractivity contribution in [3.05, 3.63) is 40.3 Å². The number of carbonyl (C=O) groups is 1. The van der Waals surface area contributed by atoms with E-state index in [1.807, 2.05) is 0 Å². The van der Waals surface area contributed by atoms with Gasteiger partial charge in [0, 0.05) is 11.1 Å². The first-order valence-corrected chi connectivity index (χ1v) is 6.35. The van der Waals surface area contributed by atoms with Crippen LogP contribution in [0.4, 0.5) is 4.39 Å². The lowest BCUT2D eigenvalue weighted by Gasteiger charge is -2.12. The van der Waals surface area contributed by atoms with Gasteiger partial charge in [0.2, 0.25) is 0 Å². The van der Waals surface area contributed by atoms with Gasteiger partial charge in [0.05, 0.1) is 11.1 Å². The molecule has 1 aliphatic rings. The van der Waals surface area contributed by atoms with E-state index in [0.29, 0.717) is 22.9 Å². The van der Waals surface area contributed by atoms with Gasteiger partial charge in [-0.25, -0.2) is 9.18 Å². The maximum Gasteiger partial charge on any atom is 0.336 e. The normalized spacial score (nSPS) is 17.7. The van der Waals surface area contributed by atoms with E-state index in [4.69, 9.17) is 0 Å². The number of rotatable bonds is 1. The van der Waals surface area contributed by atoms with Crippen LogP contribution in [-0.4, -0.2) is 16.1 Å². The smallest absolute Gasteiger partial charge is 0.336 e. The predicted molar refractivity (Wildman–Crippen MR) is 70.1 cm³/mol. The quantitative estimate of drug-likeness (QED) is 0.853. The van der Waals surface area contributed by atoms with E-state index in [0.717, 1.165) is 17.7 Å². The van der Waals surface area contributed by atoms with Crippen LogP contribution in [0.25, 0.3) is 10.9 Å². The highest BCUT2D eigenvalue weighted by atomic mass is 19.1. The van der Waals surface area contributed by atoms with Gasteiger partial charge in [-0.3, -0.25) is 4.98 Å². The Balaban J connectivity index is 2.49. The molecule has 0 saturated carbocycles. The molecule has 3 rings (SSSR count). The first-order valence-electron chi connectivity index (χ1n) is 6.35. The van der Waals surface area contributed by atoms with Gasteiger partial charge in [-0.2, -0.15) is 0 Å². The van der Waals surface area contributed by atoms with Crippen LogP contribution >= 0.6 is 0 Å². The summed E-state index contributed by atoms with van der Waals surface area (Å²) in [6, 6.07) is 2.68. The zero-order valence-corrected chi connectivity index (χ0v) is 10.8. The fourth-order valence-corrected chi connectivity index (χ4v) is 2.96. The van der Waals surface area contributed by atoms with E-state index in [-0.39, 0.29) is 11.5 Å². The number of fused-ring (bicyclic) bond motifs is 2. The van der Waals surface area contributed by atoms with Crippen LogP contribution in [0, 0.1) is 12.7 Å². The molecule has 1 unspecified atom stereocenters. The summed E-state index contributed by atoms with van der Waals surface area (Å²) >= 11 is 0. The van der Waals surface area contributed by atoms with Crippen molar-refractivity contribution in [2.75, 3.05) is 0 Å². The van der Waals surface area contributed by atoms with Crippen molar-refractivity contribution in [2.24, 2.45) is 0 Å². The fourth-order valence-electron chi connectivity index (χ4n) is 2.96. The van der Waals surface area contributed by atoms with Gasteiger partial charge >= 0.3 is 5.97 Å². The Morgan fingerprint density at radius 1 is 1.47 bits per heavy atom. The molecule has 0 fully saturated rings. The molecule has 1 aromatic heterocycles. The summed E-state index contributed by atoms with van der Waals surface area (Å²) in [6.07, 6.45) is 1.61. The summed E-state index contributed by atoms with van der Waals surface area (Å²) in [4.78, 5) is 16.1. The Hall–Kier alpha value is -1.97. The fraction of sp³-hybridized carbons (Fsp3) is 0.333. The molecular weight excluding hydrogens is 245 g/mol. The van der Waals surface area contributed by atoms with Gasteiger partial charge < -0.3 is 5.11 Å². The molecule has 3 nitrogen and oxygen atoms in total. The van der Waals surface area contributed by atoms with Crippen molar-refractivity contribution >= 4 is 16.9 Å². The summed E-state index contributed by atoms with van der Waals surface area (Å²) in [6.45, 7) is 3.81. The molecule has 1 heterocycles. The summed E-state index contributed by atoms with van der Waals surface area (Å²) in [5.41, 5.74) is 3.15. The van der Waals surface area contributed by atoms with Crippen LogP contribution in [-0.2, 0) is 6.42 Å². The van der Waals surface area contributed by atoms with E-state index in [2.05, 4.69) is 11.9 Å². The molecule has 1 aliphatic carbocycles. The van der Waals surface area contributed by atoms with E-state index >= 15 is 0 Å². The number of carboxylic acid groups (broad SMARTS) is 1. The second kappa shape index (κ2) is 4.02. The molecule has 0 radical (unpaired) electrons. The third-order valence-corrected chi connectivity index (χ3v) is 3.89. The third kappa shape index (κ3) is 1.70. The van der Waals surface area contributed by atoms with E-state index in [9.17, 15) is 14.3 Å². The van der Waals surface area contributed by atoms with E-state index in [1.165, 1.54) is 12.1 Å². The topological polar surface area (TPSA) is 50.2 Å². The monoisotopic (exact) mass is 259 g/mol. The number of nitrogens with zero attached hydrogens (tertiary/aromatic N) is 1. The predicted octanol–water partition coefficient (Wildman–Crippen LogP) is 3.43. The number of hydrogen-bond donors (Lipinski definition) is 1. The van der Waals surface area contributed by atoms with Crippen LogP contribution in [0.5, 0.6) is 0 Å². The average Bonchev–Trinajstić information content (AvgIpc) is 2.68. The van der Waals surface area contributed by atoms with E-state index in [1.54, 1.807) is 6.92 Å². The summed E-state index contributed by atoms with van der Waals surface area (Å²) in [5, 5.41) is 9.88. The lowest BCUT2D eigenvalue weighted by Crippen LogP contribution is -2.07. The summed E-state index contributed by atoms with van der Waals surface area (Å²) in [5.74, 6) is -1.15. The maximum absolute atomic E-state index is 13.5. The minimum Gasteiger partial charge on any atom is -0.478 e. The second-order valence-electron chi connectivity index (χ2n) is 5.21. The molecule has 1 atom stereocenters. The van der Waals surface area contributed by atoms with Crippen molar-refractivity contribution in [1.82, 2.24) is 4.98 Å². The van der Waals surface area contributed by atoms with Crippen LogP contribution in [0.15, 0.2) is 12.1 Å². The molecule has 0 bridgehead atoms. The van der Waals surface area contributed by atoms with E-state index < -0.39 is 11.8 Å². The minimum atomic E-state index is -0.997. The zero-order chi connectivity index (χ0) is 13.7. The highest BCUT2D eigenvalue weighted by Crippen LogP contribution is 2.37. The van der Waals surface area contributed by atoms with Gasteiger partial charge in [-0.05, 0) is 48.9 Å². The van der Waals surface area contributed by atoms with Gasteiger partial charge in [0.25, 0.3) is 0 Å². The Kier molecular flexibility index (Phi) is 2.55. The summed E-state index contributed by atoms with van der Waals surface area (Å²) in [7, 11) is 0. The molecule has 0 aliphatic heterocycles. The van der Waals surface area contributed by atoms with Gasteiger partial charge in [-0.15, -0.1) is 0 Å². The van der Waals surface area contributed by atoms with Gasteiger partial charge in [0.1, 0.15) is 5.82 Å². The molecule has 0 amide bonds. The van der Waals surface area contributed by atoms with Gasteiger partial charge in [0.15, 0.2) is 0 Å². The second-order valence-corrected chi connectivity index (χ2v) is 5.21. The number of aromatic carboxylic acids is 1. The average molecular weight is 259 g/mol. The molecule has 4 heteroatoms. The van der Waals surface area contributed by atoms with Gasteiger partial charge in [-0.1, -0.05) is 6.92 Å². The molecule has 0 saturated heterocycles. The number of hydrogen-bond acceptors (Lipinski definition) is 2. The molecule has 1 N–H and O–H groups in total. The lowest BCUT2D eigenvalue weighted by atomic mass is 9.98. The third-order valence-electron chi connectivity index (χ3n) is 3.89. The molecule has 0 spiro atoms. The van der Waals surface area contributed by atoms with Crippen LogP contribution < -0.4 is 0 Å². The van der Waals surface area contributed by atoms with Crippen LogP contribution in [0.2, 0.25) is 0 Å². The molecular formula is C15H14FNO2. The Labute approximate surface area is 110 Å². The van der Waals surface area contributed by atoms with Crippen molar-refractivity contribution in [1.29, 1.82) is 0 Å². The minimum absolute atomic E-state index is 0.229. The number of benzene rings is 1. The summed E-state index contributed by atoms with van der Waals surface area (Å²) < 4.78 is 13.5. The SMILES string of the molecule is Cc1cc(F)cc2c(C(=O)O)c3c(nc12)C(C)CC3. The Morgan fingerprint density at radius 2 is 2.21 bits per heavy atom. The number of carboxylic acids is 1. The first kappa shape index (κ1) is 12.1.